The Balaban J connectivity index is 2.88. The molecule has 0 aromatic heterocycles. The molecule has 0 bridgehead atoms. The lowest BCUT2D eigenvalue weighted by atomic mass is 10.1. The molecule has 0 spiro atoms. The van der Waals surface area contributed by atoms with Gasteiger partial charge in [0.2, 0.25) is 0 Å². The fourth-order valence-electron chi connectivity index (χ4n) is 1.23. The molecule has 0 saturated heterocycles. The highest BCUT2D eigenvalue weighted by molar-refractivity contribution is 6.25. The second-order valence-corrected chi connectivity index (χ2v) is 3.93. The first-order chi connectivity index (χ1) is 7.54. The molecule has 1 aromatic carbocycles. The van der Waals surface area contributed by atoms with Gasteiger partial charge in [0.15, 0.2) is 0 Å². The fourth-order valence-corrected chi connectivity index (χ4v) is 1.30. The van der Waals surface area contributed by atoms with E-state index < -0.39 is 0 Å². The van der Waals surface area contributed by atoms with Crippen LogP contribution in [0.15, 0.2) is 29.3 Å². The normalized spacial score (nSPS) is 13.7. The molecular formula is C12H15ClFNO. The largest absolute Gasteiger partial charge is 0.489 e. The summed E-state index contributed by atoms with van der Waals surface area (Å²) in [5.41, 5.74) is 8.84. The van der Waals surface area contributed by atoms with Gasteiger partial charge in [0.1, 0.15) is 18.2 Å². The van der Waals surface area contributed by atoms with Gasteiger partial charge in [-0.1, -0.05) is 17.7 Å². The van der Waals surface area contributed by atoms with E-state index in [2.05, 4.69) is 0 Å². The summed E-state index contributed by atoms with van der Waals surface area (Å²) in [6.45, 7) is 3.98. The van der Waals surface area contributed by atoms with Crippen LogP contribution in [0.1, 0.15) is 25.5 Å². The maximum absolute atomic E-state index is 13.1. The van der Waals surface area contributed by atoms with Gasteiger partial charge in [-0.2, -0.15) is 0 Å². The lowest BCUT2D eigenvalue weighted by molar-refractivity contribution is 0.344. The molecule has 88 valence electrons. The molecule has 0 heterocycles. The Morgan fingerprint density at radius 3 is 2.88 bits per heavy atom. The van der Waals surface area contributed by atoms with Crippen LogP contribution in [0.5, 0.6) is 5.75 Å². The summed E-state index contributed by atoms with van der Waals surface area (Å²) in [6.07, 6.45) is 0. The molecule has 2 N–H and O–H groups in total. The van der Waals surface area contributed by atoms with Crippen molar-refractivity contribution in [3.63, 3.8) is 0 Å². The van der Waals surface area contributed by atoms with Crippen molar-refractivity contribution < 1.29 is 9.13 Å². The molecule has 4 heteroatoms. The first kappa shape index (κ1) is 13.0. The van der Waals surface area contributed by atoms with Gasteiger partial charge in [-0.3, -0.25) is 0 Å². The second-order valence-electron chi connectivity index (χ2n) is 3.71. The van der Waals surface area contributed by atoms with E-state index in [9.17, 15) is 4.39 Å². The predicted octanol–water partition coefficient (Wildman–Crippen LogP) is 3.37. The third kappa shape index (κ3) is 3.51. The van der Waals surface area contributed by atoms with Crippen LogP contribution < -0.4 is 10.5 Å². The zero-order chi connectivity index (χ0) is 12.1. The molecule has 2 nitrogen and oxygen atoms in total. The summed E-state index contributed by atoms with van der Waals surface area (Å²) in [5, 5.41) is 0. The molecule has 1 rings (SSSR count). The van der Waals surface area contributed by atoms with Gasteiger partial charge in [0.25, 0.3) is 0 Å². The smallest absolute Gasteiger partial charge is 0.127 e. The number of ether oxygens (including phenoxy) is 1. The van der Waals surface area contributed by atoms with E-state index in [-0.39, 0.29) is 11.9 Å². The maximum Gasteiger partial charge on any atom is 0.127 e. The predicted molar refractivity (Wildman–Crippen MR) is 64.1 cm³/mol. The van der Waals surface area contributed by atoms with E-state index in [1.54, 1.807) is 6.07 Å². The highest BCUT2D eigenvalue weighted by Gasteiger charge is 2.09. The zero-order valence-corrected chi connectivity index (χ0v) is 10.1. The van der Waals surface area contributed by atoms with Crippen LogP contribution in [0.4, 0.5) is 4.39 Å². The number of rotatable bonds is 4. The summed E-state index contributed by atoms with van der Waals surface area (Å²) in [5.74, 6) is 0.125. The lowest BCUT2D eigenvalue weighted by Gasteiger charge is -2.14. The molecule has 0 aliphatic carbocycles. The van der Waals surface area contributed by atoms with E-state index in [1.807, 2.05) is 13.8 Å². The Kier molecular flexibility index (Phi) is 4.77. The molecule has 1 aromatic rings. The Morgan fingerprint density at radius 1 is 1.62 bits per heavy atom. The van der Waals surface area contributed by atoms with Gasteiger partial charge in [-0.05, 0) is 25.5 Å². The van der Waals surface area contributed by atoms with Crippen molar-refractivity contribution in [1.29, 1.82) is 0 Å². The van der Waals surface area contributed by atoms with Crippen molar-refractivity contribution in [3.05, 3.63) is 40.7 Å². The molecule has 0 aliphatic rings. The topological polar surface area (TPSA) is 35.2 Å². The first-order valence-corrected chi connectivity index (χ1v) is 5.42. The summed E-state index contributed by atoms with van der Waals surface area (Å²) in [7, 11) is 0. The summed E-state index contributed by atoms with van der Waals surface area (Å²) < 4.78 is 18.5. The molecule has 0 aliphatic heterocycles. The molecule has 0 amide bonds. The molecule has 0 radical (unpaired) electrons. The van der Waals surface area contributed by atoms with Crippen molar-refractivity contribution in [2.45, 2.75) is 19.9 Å². The quantitative estimate of drug-likeness (QED) is 0.880. The van der Waals surface area contributed by atoms with Gasteiger partial charge >= 0.3 is 0 Å². The van der Waals surface area contributed by atoms with Crippen molar-refractivity contribution in [3.8, 4) is 5.75 Å². The van der Waals surface area contributed by atoms with Crippen molar-refractivity contribution in [2.75, 3.05) is 6.61 Å². The van der Waals surface area contributed by atoms with Crippen LogP contribution in [0, 0.1) is 5.82 Å². The second kappa shape index (κ2) is 5.87. The van der Waals surface area contributed by atoms with Crippen LogP contribution in [0.2, 0.25) is 0 Å². The minimum atomic E-state index is -0.341. The molecular weight excluding hydrogens is 229 g/mol. The number of nitrogens with two attached hydrogens (primary N) is 1. The van der Waals surface area contributed by atoms with E-state index in [1.165, 1.54) is 17.7 Å². The van der Waals surface area contributed by atoms with Gasteiger partial charge < -0.3 is 10.5 Å². The van der Waals surface area contributed by atoms with Gasteiger partial charge in [0.05, 0.1) is 0 Å². The van der Waals surface area contributed by atoms with Crippen LogP contribution in [-0.2, 0) is 0 Å². The fraction of sp³-hybridized carbons (Fsp3) is 0.333. The summed E-state index contributed by atoms with van der Waals surface area (Å²) >= 11 is 5.51. The van der Waals surface area contributed by atoms with Crippen LogP contribution in [0.3, 0.4) is 0 Å². The average Bonchev–Trinajstić information content (AvgIpc) is 2.25. The van der Waals surface area contributed by atoms with E-state index in [4.69, 9.17) is 22.1 Å². The number of hydrogen-bond donors (Lipinski definition) is 1. The summed E-state index contributed by atoms with van der Waals surface area (Å²) in [4.78, 5) is 0. The monoisotopic (exact) mass is 243 g/mol. The molecule has 16 heavy (non-hydrogen) atoms. The summed E-state index contributed by atoms with van der Waals surface area (Å²) in [6, 6.07) is 4.14. The van der Waals surface area contributed by atoms with Gasteiger partial charge in [-0.15, -0.1) is 0 Å². The third-order valence-corrected chi connectivity index (χ3v) is 2.48. The van der Waals surface area contributed by atoms with Crippen molar-refractivity contribution >= 4 is 11.6 Å². The third-order valence-electron chi connectivity index (χ3n) is 2.11. The SMILES string of the molecule is C/C(=C\Cl)COc1cc(F)ccc1[C@H](C)N. The maximum atomic E-state index is 13.1. The number of halogens is 2. The van der Waals surface area contributed by atoms with Crippen LogP contribution in [-0.4, -0.2) is 6.61 Å². The zero-order valence-electron chi connectivity index (χ0n) is 9.34. The van der Waals surface area contributed by atoms with Crippen molar-refractivity contribution in [2.24, 2.45) is 5.73 Å². The first-order valence-electron chi connectivity index (χ1n) is 4.98. The van der Waals surface area contributed by atoms with Crippen molar-refractivity contribution in [1.82, 2.24) is 0 Å². The molecule has 0 unspecified atom stereocenters. The lowest BCUT2D eigenvalue weighted by Crippen LogP contribution is -2.09. The van der Waals surface area contributed by atoms with Gasteiger partial charge in [0, 0.05) is 23.2 Å². The highest BCUT2D eigenvalue weighted by atomic mass is 35.5. The van der Waals surface area contributed by atoms with Crippen LogP contribution in [0.25, 0.3) is 0 Å². The number of benzene rings is 1. The Morgan fingerprint density at radius 2 is 2.31 bits per heavy atom. The molecule has 1 atom stereocenters. The Hall–Kier alpha value is -1.06. The molecule has 0 saturated carbocycles. The van der Waals surface area contributed by atoms with Gasteiger partial charge in [-0.25, -0.2) is 4.39 Å². The Labute approximate surface area is 99.9 Å². The van der Waals surface area contributed by atoms with Crippen LogP contribution >= 0.6 is 11.6 Å². The average molecular weight is 244 g/mol. The standard InChI is InChI=1S/C12H15ClFNO/c1-8(6-13)7-16-12-5-10(14)3-4-11(12)9(2)15/h3-6,9H,7,15H2,1-2H3/b8-6+/t9-/m0/s1. The minimum absolute atomic E-state index is 0.198. The molecule has 0 fully saturated rings. The van der Waals surface area contributed by atoms with E-state index >= 15 is 0 Å². The van der Waals surface area contributed by atoms with E-state index in [0.29, 0.717) is 12.4 Å². The minimum Gasteiger partial charge on any atom is -0.489 e. The highest BCUT2D eigenvalue weighted by Crippen LogP contribution is 2.25. The Bertz CT molecular complexity index is 391. The van der Waals surface area contributed by atoms with E-state index in [0.717, 1.165) is 11.1 Å². The number of hydrogen-bond acceptors (Lipinski definition) is 2.